The van der Waals surface area contributed by atoms with Crippen molar-refractivity contribution in [1.29, 1.82) is 0 Å². The van der Waals surface area contributed by atoms with Crippen LogP contribution in [0.2, 0.25) is 0 Å². The van der Waals surface area contributed by atoms with Crippen molar-refractivity contribution in [3.8, 4) is 0 Å². The molecule has 3 N–H and O–H groups in total. The summed E-state index contributed by atoms with van der Waals surface area (Å²) in [5.41, 5.74) is 3.50. The quantitative estimate of drug-likeness (QED) is 0.652. The van der Waals surface area contributed by atoms with E-state index in [2.05, 4.69) is 20.6 Å². The van der Waals surface area contributed by atoms with Gasteiger partial charge in [0.15, 0.2) is 0 Å². The number of nitrogens with one attached hydrogen (secondary N) is 3. The van der Waals surface area contributed by atoms with Gasteiger partial charge in [-0.15, -0.1) is 0 Å². The van der Waals surface area contributed by atoms with Crippen LogP contribution in [0.1, 0.15) is 25.5 Å². The summed E-state index contributed by atoms with van der Waals surface area (Å²) in [7, 11) is 0. The Morgan fingerprint density at radius 2 is 1.46 bits per heavy atom. The van der Waals surface area contributed by atoms with E-state index in [1.54, 1.807) is 0 Å². The molecule has 0 fully saturated rings. The van der Waals surface area contributed by atoms with Gasteiger partial charge in [0.1, 0.15) is 0 Å². The molecule has 0 aliphatic heterocycles. The van der Waals surface area contributed by atoms with E-state index in [-0.39, 0.29) is 11.5 Å². The van der Waals surface area contributed by atoms with E-state index < -0.39 is 0 Å². The molecule has 1 aromatic heterocycles. The van der Waals surface area contributed by atoms with E-state index in [0.29, 0.717) is 5.95 Å². The van der Waals surface area contributed by atoms with Gasteiger partial charge < -0.3 is 10.6 Å². The van der Waals surface area contributed by atoms with Gasteiger partial charge in [0.05, 0.1) is 5.69 Å². The molecule has 5 heteroatoms. The summed E-state index contributed by atoms with van der Waals surface area (Å²) < 4.78 is 0. The fourth-order valence-corrected chi connectivity index (χ4v) is 2.29. The Bertz CT molecular complexity index is 855. The highest BCUT2D eigenvalue weighted by Gasteiger charge is 2.05. The molecule has 122 valence electrons. The Labute approximate surface area is 140 Å². The summed E-state index contributed by atoms with van der Waals surface area (Å²) in [5, 5.41) is 6.46. The monoisotopic (exact) mass is 320 g/mol. The first kappa shape index (κ1) is 15.8. The number of H-pyrrole nitrogens is 1. The molecule has 0 saturated carbocycles. The van der Waals surface area contributed by atoms with Crippen LogP contribution >= 0.6 is 0 Å². The Morgan fingerprint density at radius 1 is 0.875 bits per heavy atom. The summed E-state index contributed by atoms with van der Waals surface area (Å²) in [4.78, 5) is 18.9. The lowest BCUT2D eigenvalue weighted by Gasteiger charge is -2.10. The van der Waals surface area contributed by atoms with E-state index in [4.69, 9.17) is 0 Å². The Hall–Kier alpha value is -3.08. The third-order valence-corrected chi connectivity index (χ3v) is 3.56. The van der Waals surface area contributed by atoms with Gasteiger partial charge in [0.25, 0.3) is 5.56 Å². The number of para-hydroxylation sites is 1. The summed E-state index contributed by atoms with van der Waals surface area (Å²) >= 11 is 0. The molecule has 5 nitrogen and oxygen atoms in total. The zero-order valence-corrected chi connectivity index (χ0v) is 13.7. The Kier molecular flexibility index (Phi) is 4.61. The fourth-order valence-electron chi connectivity index (χ4n) is 2.29. The number of anilines is 4. The molecular formula is C19H20N4O. The van der Waals surface area contributed by atoms with Crippen LogP contribution in [-0.4, -0.2) is 9.97 Å². The molecule has 2 aromatic carbocycles. The van der Waals surface area contributed by atoms with Crippen LogP contribution < -0.4 is 16.2 Å². The first-order valence-corrected chi connectivity index (χ1v) is 7.90. The van der Waals surface area contributed by atoms with Crippen LogP contribution in [0, 0.1) is 0 Å². The van der Waals surface area contributed by atoms with Crippen LogP contribution in [0.3, 0.4) is 0 Å². The zero-order chi connectivity index (χ0) is 16.9. The number of aromatic amines is 1. The summed E-state index contributed by atoms with van der Waals surface area (Å²) in [5.74, 6) is 0.653. The first-order valence-electron chi connectivity index (χ1n) is 7.90. The van der Waals surface area contributed by atoms with Crippen molar-refractivity contribution in [3.05, 3.63) is 76.7 Å². The SMILES string of the molecule is CC(C)c1cc(=O)[nH]c(Nc2ccc(Nc3ccccc3)cc2)n1. The zero-order valence-electron chi connectivity index (χ0n) is 13.7. The second kappa shape index (κ2) is 7.00. The number of benzene rings is 2. The van der Waals surface area contributed by atoms with Gasteiger partial charge in [-0.1, -0.05) is 32.0 Å². The summed E-state index contributed by atoms with van der Waals surface area (Å²) in [6.45, 7) is 4.02. The van der Waals surface area contributed by atoms with Crippen molar-refractivity contribution in [3.63, 3.8) is 0 Å². The summed E-state index contributed by atoms with van der Waals surface area (Å²) in [6, 6.07) is 19.3. The third kappa shape index (κ3) is 4.01. The molecule has 0 saturated heterocycles. The van der Waals surface area contributed by atoms with Gasteiger partial charge in [-0.25, -0.2) is 4.98 Å². The standard InChI is InChI=1S/C19H20N4O/c1-13(2)17-12-18(24)23-19(22-17)21-16-10-8-15(9-11-16)20-14-6-4-3-5-7-14/h3-13,20H,1-2H3,(H2,21,22,23,24). The average Bonchev–Trinajstić information content (AvgIpc) is 2.57. The molecule has 1 heterocycles. The maximum atomic E-state index is 11.7. The Morgan fingerprint density at radius 3 is 2.08 bits per heavy atom. The molecule has 0 aliphatic rings. The smallest absolute Gasteiger partial charge is 0.252 e. The van der Waals surface area contributed by atoms with Crippen LogP contribution in [0.25, 0.3) is 0 Å². The molecule has 0 amide bonds. The lowest BCUT2D eigenvalue weighted by Crippen LogP contribution is -2.12. The third-order valence-electron chi connectivity index (χ3n) is 3.56. The minimum atomic E-state index is -0.154. The van der Waals surface area contributed by atoms with Gasteiger partial charge in [-0.2, -0.15) is 0 Å². The van der Waals surface area contributed by atoms with Gasteiger partial charge in [-0.3, -0.25) is 9.78 Å². The topological polar surface area (TPSA) is 69.8 Å². The molecule has 0 aliphatic carbocycles. The van der Waals surface area contributed by atoms with Crippen LogP contribution in [0.4, 0.5) is 23.0 Å². The minimum Gasteiger partial charge on any atom is -0.356 e. The first-order chi connectivity index (χ1) is 11.6. The largest absolute Gasteiger partial charge is 0.356 e. The number of rotatable bonds is 5. The van der Waals surface area contributed by atoms with Gasteiger partial charge in [-0.05, 0) is 42.3 Å². The maximum absolute atomic E-state index is 11.7. The second-order valence-corrected chi connectivity index (χ2v) is 5.87. The van der Waals surface area contributed by atoms with Crippen LogP contribution in [0.15, 0.2) is 65.5 Å². The van der Waals surface area contributed by atoms with E-state index in [0.717, 1.165) is 22.8 Å². The number of hydrogen-bond donors (Lipinski definition) is 3. The maximum Gasteiger partial charge on any atom is 0.252 e. The summed E-state index contributed by atoms with van der Waals surface area (Å²) in [6.07, 6.45) is 0. The highest BCUT2D eigenvalue weighted by molar-refractivity contribution is 5.64. The normalized spacial score (nSPS) is 10.6. The molecule has 24 heavy (non-hydrogen) atoms. The average molecular weight is 320 g/mol. The molecule has 0 radical (unpaired) electrons. The van der Waals surface area contributed by atoms with E-state index >= 15 is 0 Å². The van der Waals surface area contributed by atoms with Crippen LogP contribution in [0.5, 0.6) is 0 Å². The molecule has 0 unspecified atom stereocenters. The molecule has 3 aromatic rings. The Balaban J connectivity index is 1.74. The van der Waals surface area contributed by atoms with Crippen molar-refractivity contribution in [2.24, 2.45) is 0 Å². The molecule has 3 rings (SSSR count). The van der Waals surface area contributed by atoms with Crippen molar-refractivity contribution >= 4 is 23.0 Å². The molecule has 0 bridgehead atoms. The molecule has 0 spiro atoms. The number of aromatic nitrogens is 2. The van der Waals surface area contributed by atoms with Gasteiger partial charge >= 0.3 is 0 Å². The highest BCUT2D eigenvalue weighted by Crippen LogP contribution is 2.20. The van der Waals surface area contributed by atoms with Crippen molar-refractivity contribution in [1.82, 2.24) is 9.97 Å². The lowest BCUT2D eigenvalue weighted by atomic mass is 10.1. The number of nitrogens with zero attached hydrogens (tertiary/aromatic N) is 1. The lowest BCUT2D eigenvalue weighted by molar-refractivity contribution is 0.812. The predicted octanol–water partition coefficient (Wildman–Crippen LogP) is 4.38. The second-order valence-electron chi connectivity index (χ2n) is 5.87. The van der Waals surface area contributed by atoms with Crippen molar-refractivity contribution < 1.29 is 0 Å². The predicted molar refractivity (Wildman–Crippen MR) is 98.4 cm³/mol. The van der Waals surface area contributed by atoms with E-state index in [1.807, 2.05) is 68.4 Å². The van der Waals surface area contributed by atoms with E-state index in [9.17, 15) is 4.79 Å². The van der Waals surface area contributed by atoms with Gasteiger partial charge in [0, 0.05) is 23.1 Å². The van der Waals surface area contributed by atoms with Gasteiger partial charge in [0.2, 0.25) is 5.95 Å². The molecular weight excluding hydrogens is 300 g/mol. The minimum absolute atomic E-state index is 0.154. The van der Waals surface area contributed by atoms with E-state index in [1.165, 1.54) is 6.07 Å². The fraction of sp³-hybridized carbons (Fsp3) is 0.158. The highest BCUT2D eigenvalue weighted by atomic mass is 16.1. The molecule has 0 atom stereocenters. The van der Waals surface area contributed by atoms with Crippen molar-refractivity contribution in [2.75, 3.05) is 10.6 Å². The van der Waals surface area contributed by atoms with Crippen molar-refractivity contribution in [2.45, 2.75) is 19.8 Å². The van der Waals surface area contributed by atoms with Crippen LogP contribution in [-0.2, 0) is 0 Å². The number of hydrogen-bond acceptors (Lipinski definition) is 4.